The van der Waals surface area contributed by atoms with Crippen molar-refractivity contribution >= 4 is 11.7 Å². The van der Waals surface area contributed by atoms with Crippen LogP contribution in [0.5, 0.6) is 0 Å². The van der Waals surface area contributed by atoms with Crippen LogP contribution < -0.4 is 10.6 Å². The summed E-state index contributed by atoms with van der Waals surface area (Å²) in [6.07, 6.45) is 4.93. The number of nitrogens with zero attached hydrogens (tertiary/aromatic N) is 3. The van der Waals surface area contributed by atoms with Crippen molar-refractivity contribution in [3.8, 4) is 0 Å². The zero-order valence-corrected chi connectivity index (χ0v) is 12.7. The fraction of sp³-hybridized carbons (Fsp3) is 0.667. The van der Waals surface area contributed by atoms with Crippen LogP contribution in [0.1, 0.15) is 42.5 Å². The van der Waals surface area contributed by atoms with Gasteiger partial charge in [-0.1, -0.05) is 12.8 Å². The van der Waals surface area contributed by atoms with Gasteiger partial charge in [-0.15, -0.1) is 5.10 Å². The van der Waals surface area contributed by atoms with Crippen LogP contribution in [-0.2, 0) is 4.74 Å². The minimum absolute atomic E-state index is 0.0688. The number of ether oxygens (including phenoxy) is 1. The van der Waals surface area contributed by atoms with E-state index in [1.807, 2.05) is 13.8 Å². The number of nitrogen functional groups attached to an aromatic ring is 1. The highest BCUT2D eigenvalue weighted by molar-refractivity contribution is 6.01. The lowest BCUT2D eigenvalue weighted by atomic mass is 9.89. The van der Waals surface area contributed by atoms with Crippen LogP contribution >= 0.6 is 0 Å². The van der Waals surface area contributed by atoms with Crippen LogP contribution in [-0.4, -0.2) is 41.3 Å². The summed E-state index contributed by atoms with van der Waals surface area (Å²) in [6.45, 7) is 5.36. The SMILES string of the molecule is Cc1nnc(N2CCOC3CCCCC32)c(C(=N)N)c1C. The Kier molecular flexibility index (Phi) is 3.80. The third-order valence-corrected chi connectivity index (χ3v) is 4.71. The average molecular weight is 289 g/mol. The Balaban J connectivity index is 2.02. The highest BCUT2D eigenvalue weighted by Gasteiger charge is 2.36. The van der Waals surface area contributed by atoms with E-state index in [2.05, 4.69) is 15.1 Å². The number of aryl methyl sites for hydroxylation is 1. The molecule has 0 amide bonds. The van der Waals surface area contributed by atoms with E-state index < -0.39 is 0 Å². The third kappa shape index (κ3) is 2.48. The minimum Gasteiger partial charge on any atom is -0.384 e. The molecule has 2 unspecified atom stereocenters. The molecule has 1 aliphatic heterocycles. The molecule has 6 nitrogen and oxygen atoms in total. The molecule has 3 N–H and O–H groups in total. The van der Waals surface area contributed by atoms with Crippen LogP contribution in [0.4, 0.5) is 5.82 Å². The summed E-state index contributed by atoms with van der Waals surface area (Å²) in [4.78, 5) is 2.27. The molecule has 1 aromatic heterocycles. The predicted octanol–water partition coefficient (Wildman–Crippen LogP) is 1.53. The van der Waals surface area contributed by atoms with E-state index in [4.69, 9.17) is 15.9 Å². The highest BCUT2D eigenvalue weighted by atomic mass is 16.5. The summed E-state index contributed by atoms with van der Waals surface area (Å²) >= 11 is 0. The Morgan fingerprint density at radius 3 is 2.81 bits per heavy atom. The number of anilines is 1. The molecule has 0 aromatic carbocycles. The van der Waals surface area contributed by atoms with Crippen molar-refractivity contribution in [3.05, 3.63) is 16.8 Å². The standard InChI is InChI=1S/C15H23N5O/c1-9-10(2)18-19-15(13(9)14(16)17)20-7-8-21-12-6-4-3-5-11(12)20/h11-12H,3-8H2,1-2H3,(H3,16,17). The van der Waals surface area contributed by atoms with Gasteiger partial charge >= 0.3 is 0 Å². The van der Waals surface area contributed by atoms with Crippen molar-refractivity contribution in [1.82, 2.24) is 10.2 Å². The summed E-state index contributed by atoms with van der Waals surface area (Å²) in [7, 11) is 0. The molecule has 2 heterocycles. The van der Waals surface area contributed by atoms with Crippen molar-refractivity contribution in [2.24, 2.45) is 5.73 Å². The molecule has 0 radical (unpaired) electrons. The molecule has 114 valence electrons. The van der Waals surface area contributed by atoms with E-state index in [-0.39, 0.29) is 11.9 Å². The Hall–Kier alpha value is -1.69. The van der Waals surface area contributed by atoms with E-state index in [1.54, 1.807) is 0 Å². The van der Waals surface area contributed by atoms with Gasteiger partial charge in [0.1, 0.15) is 5.84 Å². The van der Waals surface area contributed by atoms with E-state index >= 15 is 0 Å². The highest BCUT2D eigenvalue weighted by Crippen LogP contribution is 2.33. The Morgan fingerprint density at radius 2 is 2.05 bits per heavy atom. The van der Waals surface area contributed by atoms with Crippen LogP contribution in [0, 0.1) is 19.3 Å². The Labute approximate surface area is 125 Å². The molecule has 21 heavy (non-hydrogen) atoms. The van der Waals surface area contributed by atoms with Crippen molar-refractivity contribution in [2.45, 2.75) is 51.7 Å². The molecule has 3 rings (SSSR count). The molecule has 0 bridgehead atoms. The zero-order valence-electron chi connectivity index (χ0n) is 12.7. The third-order valence-electron chi connectivity index (χ3n) is 4.71. The summed E-state index contributed by atoms with van der Waals surface area (Å²) in [5, 5.41) is 16.5. The molecule has 1 saturated heterocycles. The molecule has 1 saturated carbocycles. The fourth-order valence-corrected chi connectivity index (χ4v) is 3.48. The number of morpholine rings is 1. The van der Waals surface area contributed by atoms with Crippen molar-refractivity contribution in [1.29, 1.82) is 5.41 Å². The number of hydrogen-bond donors (Lipinski definition) is 2. The maximum absolute atomic E-state index is 7.92. The zero-order chi connectivity index (χ0) is 15.0. The first kappa shape index (κ1) is 14.3. The lowest BCUT2D eigenvalue weighted by Gasteiger charge is -2.44. The monoisotopic (exact) mass is 289 g/mol. The molecular formula is C15H23N5O. The smallest absolute Gasteiger partial charge is 0.162 e. The lowest BCUT2D eigenvalue weighted by molar-refractivity contribution is -0.00906. The number of nitrogens with one attached hydrogen (secondary N) is 1. The summed E-state index contributed by atoms with van der Waals surface area (Å²) in [5.41, 5.74) is 8.33. The van der Waals surface area contributed by atoms with Crippen LogP contribution in [0.2, 0.25) is 0 Å². The first-order valence-electron chi connectivity index (χ1n) is 7.66. The maximum Gasteiger partial charge on any atom is 0.162 e. The second kappa shape index (κ2) is 5.60. The van der Waals surface area contributed by atoms with E-state index in [1.165, 1.54) is 12.8 Å². The maximum atomic E-state index is 7.92. The summed E-state index contributed by atoms with van der Waals surface area (Å²) < 4.78 is 5.91. The molecule has 2 aliphatic rings. The van der Waals surface area contributed by atoms with E-state index in [0.29, 0.717) is 12.6 Å². The molecule has 6 heteroatoms. The van der Waals surface area contributed by atoms with Gasteiger partial charge in [-0.2, -0.15) is 5.10 Å². The molecule has 0 spiro atoms. The van der Waals surface area contributed by atoms with Gasteiger partial charge in [-0.05, 0) is 32.3 Å². The minimum atomic E-state index is 0.0688. The number of fused-ring (bicyclic) bond motifs is 1. The van der Waals surface area contributed by atoms with E-state index in [0.717, 1.165) is 42.0 Å². The summed E-state index contributed by atoms with van der Waals surface area (Å²) in [5.74, 6) is 0.824. The first-order valence-corrected chi connectivity index (χ1v) is 7.66. The van der Waals surface area contributed by atoms with Crippen LogP contribution in [0.15, 0.2) is 0 Å². The fourth-order valence-electron chi connectivity index (χ4n) is 3.48. The van der Waals surface area contributed by atoms with Gasteiger partial charge in [0.25, 0.3) is 0 Å². The van der Waals surface area contributed by atoms with Crippen molar-refractivity contribution in [2.75, 3.05) is 18.1 Å². The van der Waals surface area contributed by atoms with Gasteiger partial charge in [0.05, 0.1) is 30.0 Å². The topological polar surface area (TPSA) is 88.1 Å². The number of hydrogen-bond acceptors (Lipinski definition) is 5. The van der Waals surface area contributed by atoms with Gasteiger partial charge in [-0.25, -0.2) is 0 Å². The molecule has 2 atom stereocenters. The summed E-state index contributed by atoms with van der Waals surface area (Å²) in [6, 6.07) is 0.335. The van der Waals surface area contributed by atoms with Crippen molar-refractivity contribution in [3.63, 3.8) is 0 Å². The molecule has 2 fully saturated rings. The van der Waals surface area contributed by atoms with Crippen LogP contribution in [0.25, 0.3) is 0 Å². The number of nitrogens with two attached hydrogens (primary N) is 1. The van der Waals surface area contributed by atoms with E-state index in [9.17, 15) is 0 Å². The molecule has 1 aromatic rings. The lowest BCUT2D eigenvalue weighted by Crippen LogP contribution is -2.53. The molecular weight excluding hydrogens is 266 g/mol. The normalized spacial score (nSPS) is 25.5. The van der Waals surface area contributed by atoms with Gasteiger partial charge in [0.2, 0.25) is 0 Å². The predicted molar refractivity (Wildman–Crippen MR) is 81.9 cm³/mol. The second-order valence-electron chi connectivity index (χ2n) is 5.98. The van der Waals surface area contributed by atoms with Gasteiger partial charge in [-0.3, -0.25) is 5.41 Å². The second-order valence-corrected chi connectivity index (χ2v) is 5.98. The Morgan fingerprint density at radius 1 is 1.29 bits per heavy atom. The van der Waals surface area contributed by atoms with Gasteiger partial charge < -0.3 is 15.4 Å². The Bertz CT molecular complexity index is 557. The quantitative estimate of drug-likeness (QED) is 0.636. The van der Waals surface area contributed by atoms with Crippen LogP contribution in [0.3, 0.4) is 0 Å². The van der Waals surface area contributed by atoms with Gasteiger partial charge in [0.15, 0.2) is 5.82 Å². The number of rotatable bonds is 2. The molecule has 1 aliphatic carbocycles. The first-order chi connectivity index (χ1) is 10.1. The number of amidine groups is 1. The van der Waals surface area contributed by atoms with Gasteiger partial charge in [0, 0.05) is 6.54 Å². The average Bonchev–Trinajstić information content (AvgIpc) is 2.49. The van der Waals surface area contributed by atoms with Crippen molar-refractivity contribution < 1.29 is 4.74 Å². The number of aromatic nitrogens is 2. The largest absolute Gasteiger partial charge is 0.384 e.